The van der Waals surface area contributed by atoms with Gasteiger partial charge in [0.05, 0.1) is 4.90 Å². The highest BCUT2D eigenvalue weighted by molar-refractivity contribution is 7.89. The maximum Gasteiger partial charge on any atom is 0.303 e. The van der Waals surface area contributed by atoms with Gasteiger partial charge in [-0.1, -0.05) is 41.9 Å². The van der Waals surface area contributed by atoms with Gasteiger partial charge < -0.3 is 5.11 Å². The topological polar surface area (TPSA) is 83.5 Å². The summed E-state index contributed by atoms with van der Waals surface area (Å²) in [4.78, 5) is 11.1. The summed E-state index contributed by atoms with van der Waals surface area (Å²) in [6.07, 6.45) is 1.26. The number of hydrogen-bond acceptors (Lipinski definition) is 3. The second-order valence-corrected chi connectivity index (χ2v) is 9.66. The Morgan fingerprint density at radius 2 is 1.56 bits per heavy atom. The number of hydrogen-bond donors (Lipinski definition) is 2. The molecule has 0 aliphatic heterocycles. The maximum absolute atomic E-state index is 13.5. The quantitative estimate of drug-likeness (QED) is 0.448. The summed E-state index contributed by atoms with van der Waals surface area (Å²) in [5.41, 5.74) is 3.43. The molecule has 0 spiro atoms. The lowest BCUT2D eigenvalue weighted by atomic mass is 9.96. The van der Waals surface area contributed by atoms with Gasteiger partial charge in [0.2, 0.25) is 10.0 Å². The van der Waals surface area contributed by atoms with E-state index in [2.05, 4.69) is 4.72 Å². The van der Waals surface area contributed by atoms with Gasteiger partial charge in [0.1, 0.15) is 5.82 Å². The van der Waals surface area contributed by atoms with E-state index in [0.29, 0.717) is 24.3 Å². The Morgan fingerprint density at radius 3 is 2.22 bits per heavy atom. The third kappa shape index (κ3) is 7.15. The predicted octanol–water partition coefficient (Wildman–Crippen LogP) is 4.61. The maximum atomic E-state index is 13.5. The summed E-state index contributed by atoms with van der Waals surface area (Å²) < 4.78 is 41.0. The van der Waals surface area contributed by atoms with Gasteiger partial charge in [-0.3, -0.25) is 4.79 Å². The van der Waals surface area contributed by atoms with Crippen LogP contribution >= 0.6 is 11.6 Å². The van der Waals surface area contributed by atoms with Crippen molar-refractivity contribution in [3.63, 3.8) is 0 Å². The number of sulfonamides is 1. The summed E-state index contributed by atoms with van der Waals surface area (Å²) >= 11 is 5.81. The number of carboxylic acids is 1. The molecule has 0 atom stereocenters. The van der Waals surface area contributed by atoms with Crippen LogP contribution in [0.25, 0.3) is 0 Å². The van der Waals surface area contributed by atoms with Crippen LogP contribution in [0.3, 0.4) is 0 Å². The van der Waals surface area contributed by atoms with Gasteiger partial charge in [-0.05, 0) is 77.9 Å². The van der Waals surface area contributed by atoms with Crippen molar-refractivity contribution in [1.29, 1.82) is 0 Å². The fourth-order valence-electron chi connectivity index (χ4n) is 3.39. The Kier molecular flexibility index (Phi) is 8.01. The molecule has 3 rings (SSSR count). The van der Waals surface area contributed by atoms with Crippen LogP contribution in [-0.2, 0) is 34.1 Å². The summed E-state index contributed by atoms with van der Waals surface area (Å²) in [5.74, 6) is -1.21. The van der Waals surface area contributed by atoms with Gasteiger partial charge in [-0.2, -0.15) is 0 Å². The van der Waals surface area contributed by atoms with Crippen LogP contribution in [0.2, 0.25) is 5.02 Å². The zero-order chi connectivity index (χ0) is 23.1. The first-order valence-electron chi connectivity index (χ1n) is 10.0. The van der Waals surface area contributed by atoms with Crippen molar-refractivity contribution in [2.24, 2.45) is 0 Å². The van der Waals surface area contributed by atoms with Crippen molar-refractivity contribution in [3.8, 4) is 0 Å². The number of halogens is 2. The van der Waals surface area contributed by atoms with Gasteiger partial charge in [0, 0.05) is 18.0 Å². The zero-order valence-electron chi connectivity index (χ0n) is 17.2. The van der Waals surface area contributed by atoms with E-state index < -0.39 is 16.0 Å². The SMILES string of the molecule is O=C(O)CCc1cc(CCNS(=O)(=O)c2ccc(Cl)cc2)cc(Cc2cccc(F)c2)c1. The van der Waals surface area contributed by atoms with Crippen LogP contribution in [0.1, 0.15) is 28.7 Å². The van der Waals surface area contributed by atoms with E-state index in [1.807, 2.05) is 24.3 Å². The van der Waals surface area contributed by atoms with Crippen molar-refractivity contribution in [2.75, 3.05) is 6.54 Å². The monoisotopic (exact) mass is 475 g/mol. The number of aliphatic carboxylic acids is 1. The molecular formula is C24H23ClFNO4S. The second-order valence-electron chi connectivity index (χ2n) is 7.46. The number of carboxylic acid groups (broad SMARTS) is 1. The van der Waals surface area contributed by atoms with Gasteiger partial charge >= 0.3 is 5.97 Å². The summed E-state index contributed by atoms with van der Waals surface area (Å²) in [7, 11) is -3.67. The minimum absolute atomic E-state index is 0.00788. The second kappa shape index (κ2) is 10.7. The first kappa shape index (κ1) is 23.9. The van der Waals surface area contributed by atoms with Gasteiger partial charge in [0.15, 0.2) is 0 Å². The fraction of sp³-hybridized carbons (Fsp3) is 0.208. The molecular weight excluding hydrogens is 453 g/mol. The number of aryl methyl sites for hydroxylation is 1. The minimum atomic E-state index is -3.67. The molecule has 0 aliphatic rings. The van der Waals surface area contributed by atoms with E-state index in [1.165, 1.54) is 36.4 Å². The molecule has 2 N–H and O–H groups in total. The van der Waals surface area contributed by atoms with E-state index in [-0.39, 0.29) is 23.7 Å². The lowest BCUT2D eigenvalue weighted by Crippen LogP contribution is -2.26. The van der Waals surface area contributed by atoms with Crippen LogP contribution in [0, 0.1) is 5.82 Å². The standard InChI is InChI=1S/C24H23ClFNO4S/c25-21-5-7-23(8-6-21)32(30,31)27-11-10-19-12-18(4-9-24(28)29)14-20(15-19)13-17-2-1-3-22(26)16-17/h1-3,5-8,12,14-16,27H,4,9-11,13H2,(H,28,29). The predicted molar refractivity (Wildman–Crippen MR) is 122 cm³/mol. The van der Waals surface area contributed by atoms with Crippen LogP contribution < -0.4 is 4.72 Å². The van der Waals surface area contributed by atoms with Crippen LogP contribution in [0.4, 0.5) is 4.39 Å². The van der Waals surface area contributed by atoms with E-state index >= 15 is 0 Å². The Bertz CT molecular complexity index is 1200. The smallest absolute Gasteiger partial charge is 0.303 e. The molecule has 0 amide bonds. The van der Waals surface area contributed by atoms with Crippen molar-refractivity contribution < 1.29 is 22.7 Å². The fourth-order valence-corrected chi connectivity index (χ4v) is 4.55. The first-order chi connectivity index (χ1) is 15.2. The molecule has 3 aromatic rings. The molecule has 32 heavy (non-hydrogen) atoms. The Balaban J connectivity index is 1.74. The molecule has 0 radical (unpaired) electrons. The van der Waals surface area contributed by atoms with E-state index in [4.69, 9.17) is 16.7 Å². The molecule has 8 heteroatoms. The molecule has 5 nitrogen and oxygen atoms in total. The summed E-state index contributed by atoms with van der Waals surface area (Å²) in [6.45, 7) is 0.173. The van der Waals surface area contributed by atoms with E-state index in [1.54, 1.807) is 6.07 Å². The van der Waals surface area contributed by atoms with E-state index in [0.717, 1.165) is 22.3 Å². The Hall–Kier alpha value is -2.74. The van der Waals surface area contributed by atoms with Crippen LogP contribution in [-0.4, -0.2) is 26.0 Å². The molecule has 168 valence electrons. The molecule has 0 saturated carbocycles. The molecule has 0 heterocycles. The van der Waals surface area contributed by atoms with Crippen molar-refractivity contribution in [3.05, 3.63) is 99.8 Å². The molecule has 0 aromatic heterocycles. The summed E-state index contributed by atoms with van der Waals surface area (Å²) in [5, 5.41) is 9.46. The largest absolute Gasteiger partial charge is 0.481 e. The Labute approximate surface area is 191 Å². The van der Waals surface area contributed by atoms with Crippen molar-refractivity contribution in [2.45, 2.75) is 30.6 Å². The lowest BCUT2D eigenvalue weighted by Gasteiger charge is -2.11. The van der Waals surface area contributed by atoms with Crippen LogP contribution in [0.5, 0.6) is 0 Å². The molecule has 0 saturated heterocycles. The highest BCUT2D eigenvalue weighted by atomic mass is 35.5. The number of carbonyl (C=O) groups is 1. The third-order valence-corrected chi connectivity index (χ3v) is 6.60. The third-order valence-electron chi connectivity index (χ3n) is 4.87. The number of nitrogens with one attached hydrogen (secondary N) is 1. The van der Waals surface area contributed by atoms with Gasteiger partial charge in [-0.15, -0.1) is 0 Å². The lowest BCUT2D eigenvalue weighted by molar-refractivity contribution is -0.136. The molecule has 0 unspecified atom stereocenters. The Morgan fingerprint density at radius 1 is 0.906 bits per heavy atom. The van der Waals surface area contributed by atoms with E-state index in [9.17, 15) is 17.6 Å². The average molecular weight is 476 g/mol. The number of benzene rings is 3. The van der Waals surface area contributed by atoms with Gasteiger partial charge in [0.25, 0.3) is 0 Å². The normalized spacial score (nSPS) is 11.4. The number of rotatable bonds is 10. The molecule has 0 aliphatic carbocycles. The molecule has 0 fully saturated rings. The van der Waals surface area contributed by atoms with Crippen LogP contribution in [0.15, 0.2) is 71.6 Å². The van der Waals surface area contributed by atoms with Crippen molar-refractivity contribution >= 4 is 27.6 Å². The average Bonchev–Trinajstić information content (AvgIpc) is 2.72. The molecule has 3 aromatic carbocycles. The first-order valence-corrected chi connectivity index (χ1v) is 11.9. The zero-order valence-corrected chi connectivity index (χ0v) is 18.8. The van der Waals surface area contributed by atoms with Gasteiger partial charge in [-0.25, -0.2) is 17.5 Å². The minimum Gasteiger partial charge on any atom is -0.481 e. The molecule has 0 bridgehead atoms. The highest BCUT2D eigenvalue weighted by Crippen LogP contribution is 2.18. The summed E-state index contributed by atoms with van der Waals surface area (Å²) in [6, 6.07) is 18.0. The highest BCUT2D eigenvalue weighted by Gasteiger charge is 2.13. The van der Waals surface area contributed by atoms with Crippen molar-refractivity contribution in [1.82, 2.24) is 4.72 Å².